The summed E-state index contributed by atoms with van der Waals surface area (Å²) in [6.07, 6.45) is -2.77. The molecule has 0 radical (unpaired) electrons. The van der Waals surface area contributed by atoms with E-state index < -0.39 is 12.1 Å². The molecule has 7 nitrogen and oxygen atoms in total. The molecule has 10 heteroatoms. The third-order valence-electron chi connectivity index (χ3n) is 5.31. The number of aliphatic carboxylic acids is 1. The van der Waals surface area contributed by atoms with Gasteiger partial charge in [0.15, 0.2) is 0 Å². The van der Waals surface area contributed by atoms with Crippen molar-refractivity contribution in [3.05, 3.63) is 35.9 Å². The molecule has 2 fully saturated rings. The van der Waals surface area contributed by atoms with E-state index in [2.05, 4.69) is 40.5 Å². The minimum Gasteiger partial charge on any atom is -0.475 e. The van der Waals surface area contributed by atoms with Crippen molar-refractivity contribution in [2.75, 3.05) is 40.0 Å². The monoisotopic (exact) mass is 446 g/mol. The largest absolute Gasteiger partial charge is 0.490 e. The number of ether oxygens (including phenoxy) is 2. The fourth-order valence-electron chi connectivity index (χ4n) is 3.79. The summed E-state index contributed by atoms with van der Waals surface area (Å²) in [4.78, 5) is 23.6. The molecule has 2 saturated heterocycles. The highest BCUT2D eigenvalue weighted by atomic mass is 19.4. The van der Waals surface area contributed by atoms with Gasteiger partial charge in [-0.25, -0.2) is 4.79 Å². The molecule has 174 valence electrons. The van der Waals surface area contributed by atoms with Crippen LogP contribution in [0.5, 0.6) is 0 Å². The third-order valence-corrected chi connectivity index (χ3v) is 5.31. The topological polar surface area (TPSA) is 88.1 Å². The average Bonchev–Trinajstić information content (AvgIpc) is 2.74. The quantitative estimate of drug-likeness (QED) is 0.652. The molecule has 2 heterocycles. The van der Waals surface area contributed by atoms with Crippen molar-refractivity contribution in [1.82, 2.24) is 10.2 Å². The number of hydrogen-bond acceptors (Lipinski definition) is 5. The Morgan fingerprint density at radius 2 is 1.97 bits per heavy atom. The van der Waals surface area contributed by atoms with Crippen LogP contribution in [0.2, 0.25) is 0 Å². The molecule has 3 atom stereocenters. The van der Waals surface area contributed by atoms with Crippen LogP contribution in [0.25, 0.3) is 0 Å². The van der Waals surface area contributed by atoms with E-state index in [0.29, 0.717) is 31.8 Å². The molecule has 1 aromatic rings. The van der Waals surface area contributed by atoms with Crippen LogP contribution in [-0.2, 0) is 25.6 Å². The maximum absolute atomic E-state index is 12.3. The van der Waals surface area contributed by atoms with Crippen LogP contribution >= 0.6 is 0 Å². The number of halogens is 3. The molecule has 0 aromatic heterocycles. The number of rotatable bonds is 6. The van der Waals surface area contributed by atoms with Crippen molar-refractivity contribution < 1.29 is 37.3 Å². The normalized spacial score (nSPS) is 23.8. The number of piperidine rings is 1. The Morgan fingerprint density at radius 3 is 2.58 bits per heavy atom. The summed E-state index contributed by atoms with van der Waals surface area (Å²) in [6, 6.07) is 10.6. The van der Waals surface area contributed by atoms with Gasteiger partial charge in [-0.2, -0.15) is 13.2 Å². The molecule has 0 saturated carbocycles. The highest BCUT2D eigenvalue weighted by Crippen LogP contribution is 2.32. The molecule has 2 N–H and O–H groups in total. The zero-order valence-electron chi connectivity index (χ0n) is 17.4. The minimum absolute atomic E-state index is 0.0280. The summed E-state index contributed by atoms with van der Waals surface area (Å²) in [5.74, 6) is -2.23. The Morgan fingerprint density at radius 1 is 1.29 bits per heavy atom. The number of carbonyl (C=O) groups is 2. The molecule has 0 bridgehead atoms. The first kappa shape index (κ1) is 25.1. The van der Waals surface area contributed by atoms with Crippen molar-refractivity contribution in [2.24, 2.45) is 11.8 Å². The molecule has 0 unspecified atom stereocenters. The lowest BCUT2D eigenvalue weighted by atomic mass is 9.83. The van der Waals surface area contributed by atoms with Crippen LogP contribution in [0.15, 0.2) is 30.3 Å². The molecule has 0 aliphatic carbocycles. The molecular formula is C21H29F3N2O5. The Labute approximate surface area is 179 Å². The standard InChI is InChI=1S/C19H28N2O3.C2HF3O2/c1-23-10-8-20-19(22)17-11-16-13-21(9-7-18(16)24-14-17)12-15-5-3-2-4-6-15;3-2(4,5)1(6)7/h2-6,16-18H,7-14H2,1H3,(H,20,22);(H,6,7)/t16-,17-,18+;/m1./s1. The molecule has 3 rings (SSSR count). The maximum atomic E-state index is 12.3. The van der Waals surface area contributed by atoms with E-state index >= 15 is 0 Å². The van der Waals surface area contributed by atoms with E-state index in [1.807, 2.05) is 0 Å². The lowest BCUT2D eigenvalue weighted by molar-refractivity contribution is -0.192. The second kappa shape index (κ2) is 12.0. The number of methoxy groups -OCH3 is 1. The summed E-state index contributed by atoms with van der Waals surface area (Å²) in [5, 5.41) is 10.1. The van der Waals surface area contributed by atoms with Gasteiger partial charge in [0.2, 0.25) is 5.91 Å². The number of fused-ring (bicyclic) bond motifs is 1. The minimum atomic E-state index is -5.08. The van der Waals surface area contributed by atoms with Crippen LogP contribution < -0.4 is 5.32 Å². The number of benzene rings is 1. The number of nitrogens with one attached hydrogen (secondary N) is 1. The Kier molecular flexibility index (Phi) is 9.73. The number of carbonyl (C=O) groups excluding carboxylic acids is 1. The second-order valence-corrected chi connectivity index (χ2v) is 7.66. The zero-order valence-corrected chi connectivity index (χ0v) is 17.4. The Bertz CT molecular complexity index is 702. The molecule has 0 spiro atoms. The van der Waals surface area contributed by atoms with E-state index in [4.69, 9.17) is 19.4 Å². The first-order chi connectivity index (χ1) is 14.7. The molecule has 2 aliphatic rings. The Balaban J connectivity index is 0.000000423. The third kappa shape index (κ3) is 8.47. The predicted octanol–water partition coefficient (Wildman–Crippen LogP) is 2.31. The van der Waals surface area contributed by atoms with Gasteiger partial charge >= 0.3 is 12.1 Å². The summed E-state index contributed by atoms with van der Waals surface area (Å²) in [6.45, 7) is 4.74. The van der Waals surface area contributed by atoms with Crippen LogP contribution in [0, 0.1) is 11.8 Å². The van der Waals surface area contributed by atoms with Crippen LogP contribution in [-0.4, -0.2) is 74.1 Å². The van der Waals surface area contributed by atoms with E-state index in [1.54, 1.807) is 7.11 Å². The maximum Gasteiger partial charge on any atom is 0.490 e. The SMILES string of the molecule is COCCNC(=O)[C@H]1CO[C@H]2CCN(Cc3ccccc3)C[C@H]2C1.O=C(O)C(F)(F)F. The summed E-state index contributed by atoms with van der Waals surface area (Å²) in [7, 11) is 1.64. The van der Waals surface area contributed by atoms with E-state index in [9.17, 15) is 18.0 Å². The van der Waals surface area contributed by atoms with Gasteiger partial charge in [-0.1, -0.05) is 30.3 Å². The lowest BCUT2D eigenvalue weighted by Crippen LogP contribution is -2.50. The molecule has 31 heavy (non-hydrogen) atoms. The number of amides is 1. The van der Waals surface area contributed by atoms with Gasteiger partial charge in [-0.3, -0.25) is 9.69 Å². The smallest absolute Gasteiger partial charge is 0.475 e. The van der Waals surface area contributed by atoms with Gasteiger partial charge in [0.25, 0.3) is 0 Å². The van der Waals surface area contributed by atoms with Crippen molar-refractivity contribution >= 4 is 11.9 Å². The summed E-state index contributed by atoms with van der Waals surface area (Å²) >= 11 is 0. The fourth-order valence-corrected chi connectivity index (χ4v) is 3.79. The van der Waals surface area contributed by atoms with Gasteiger partial charge in [-0.15, -0.1) is 0 Å². The first-order valence-corrected chi connectivity index (χ1v) is 10.1. The predicted molar refractivity (Wildman–Crippen MR) is 106 cm³/mol. The number of carboxylic acid groups (broad SMARTS) is 1. The molecule has 1 aromatic carbocycles. The number of hydrogen-bond donors (Lipinski definition) is 2. The Hall–Kier alpha value is -2.17. The van der Waals surface area contributed by atoms with E-state index in [-0.39, 0.29) is 11.8 Å². The summed E-state index contributed by atoms with van der Waals surface area (Å²) < 4.78 is 42.7. The summed E-state index contributed by atoms with van der Waals surface area (Å²) in [5.41, 5.74) is 1.35. The van der Waals surface area contributed by atoms with Gasteiger partial charge in [0.05, 0.1) is 25.2 Å². The number of likely N-dealkylation sites (tertiary alicyclic amines) is 1. The van der Waals surface area contributed by atoms with Gasteiger partial charge in [0, 0.05) is 33.3 Å². The van der Waals surface area contributed by atoms with Crippen LogP contribution in [0.3, 0.4) is 0 Å². The van der Waals surface area contributed by atoms with Crippen molar-refractivity contribution in [2.45, 2.75) is 31.7 Å². The van der Waals surface area contributed by atoms with Crippen molar-refractivity contribution in [3.63, 3.8) is 0 Å². The van der Waals surface area contributed by atoms with Crippen LogP contribution in [0.1, 0.15) is 18.4 Å². The molecular weight excluding hydrogens is 417 g/mol. The van der Waals surface area contributed by atoms with Gasteiger partial charge in [0.1, 0.15) is 0 Å². The highest BCUT2D eigenvalue weighted by molar-refractivity contribution is 5.78. The van der Waals surface area contributed by atoms with Gasteiger partial charge in [-0.05, 0) is 24.3 Å². The number of nitrogens with zero attached hydrogens (tertiary/aromatic N) is 1. The second-order valence-electron chi connectivity index (χ2n) is 7.66. The van der Waals surface area contributed by atoms with Crippen LogP contribution in [0.4, 0.5) is 13.2 Å². The van der Waals surface area contributed by atoms with E-state index in [0.717, 1.165) is 32.5 Å². The number of alkyl halides is 3. The average molecular weight is 446 g/mol. The lowest BCUT2D eigenvalue weighted by Gasteiger charge is -2.43. The van der Waals surface area contributed by atoms with E-state index in [1.165, 1.54) is 5.56 Å². The molecule has 1 amide bonds. The van der Waals surface area contributed by atoms with Crippen molar-refractivity contribution in [3.8, 4) is 0 Å². The zero-order chi connectivity index (χ0) is 22.9. The number of carboxylic acids is 1. The molecule has 2 aliphatic heterocycles. The van der Waals surface area contributed by atoms with Gasteiger partial charge < -0.3 is 19.9 Å². The first-order valence-electron chi connectivity index (χ1n) is 10.1. The van der Waals surface area contributed by atoms with Crippen molar-refractivity contribution in [1.29, 1.82) is 0 Å². The highest BCUT2D eigenvalue weighted by Gasteiger charge is 2.39. The fraction of sp³-hybridized carbons (Fsp3) is 0.619.